The van der Waals surface area contributed by atoms with Gasteiger partial charge in [0, 0.05) is 5.56 Å². The molecule has 0 spiro atoms. The van der Waals surface area contributed by atoms with Gasteiger partial charge in [-0.3, -0.25) is 0 Å². The second kappa shape index (κ2) is 5.54. The Balaban J connectivity index is 2.46. The molecule has 0 aliphatic heterocycles. The normalized spacial score (nSPS) is 12.5. The van der Waals surface area contributed by atoms with Gasteiger partial charge in [0.2, 0.25) is 0 Å². The second-order valence-corrected chi connectivity index (χ2v) is 5.09. The highest BCUT2D eigenvalue weighted by molar-refractivity contribution is 5.38. The third-order valence-corrected chi connectivity index (χ3v) is 3.62. The number of nitrogens with one attached hydrogen (secondary N) is 1. The van der Waals surface area contributed by atoms with Gasteiger partial charge in [-0.15, -0.1) is 0 Å². The highest BCUT2D eigenvalue weighted by Crippen LogP contribution is 2.26. The molecule has 1 atom stereocenters. The van der Waals surface area contributed by atoms with E-state index in [1.54, 1.807) is 6.07 Å². The lowest BCUT2D eigenvalue weighted by Crippen LogP contribution is -2.19. The van der Waals surface area contributed by atoms with Gasteiger partial charge in [-0.1, -0.05) is 30.3 Å². The summed E-state index contributed by atoms with van der Waals surface area (Å²) in [5.41, 5.74) is 5.20. The van der Waals surface area contributed by atoms with Crippen LogP contribution in [0.2, 0.25) is 0 Å². The smallest absolute Gasteiger partial charge is 0.128 e. The van der Waals surface area contributed by atoms with Crippen molar-refractivity contribution in [1.82, 2.24) is 5.32 Å². The first kappa shape index (κ1) is 13.8. The molecule has 0 bridgehead atoms. The summed E-state index contributed by atoms with van der Waals surface area (Å²) in [6.45, 7) is 6.06. The van der Waals surface area contributed by atoms with Gasteiger partial charge in [0.1, 0.15) is 5.82 Å². The second-order valence-electron chi connectivity index (χ2n) is 5.09. The first-order chi connectivity index (χ1) is 9.02. The van der Waals surface area contributed by atoms with Crippen molar-refractivity contribution in [2.75, 3.05) is 7.05 Å². The molecule has 0 aliphatic carbocycles. The SMILES string of the molecule is CNC(c1ccc(C)c(C)c1)c1ccc(C)cc1F. The molecule has 2 aromatic carbocycles. The molecular formula is C17H20FN. The van der Waals surface area contributed by atoms with Crippen LogP contribution in [0.5, 0.6) is 0 Å². The minimum Gasteiger partial charge on any atom is -0.309 e. The van der Waals surface area contributed by atoms with Crippen LogP contribution in [0.1, 0.15) is 33.9 Å². The Morgan fingerprint density at radius 1 is 0.947 bits per heavy atom. The van der Waals surface area contributed by atoms with E-state index in [-0.39, 0.29) is 11.9 Å². The van der Waals surface area contributed by atoms with Crippen molar-refractivity contribution in [2.24, 2.45) is 0 Å². The van der Waals surface area contributed by atoms with Crippen LogP contribution < -0.4 is 5.32 Å². The molecule has 0 aliphatic rings. The maximum absolute atomic E-state index is 14.1. The Hall–Kier alpha value is -1.67. The van der Waals surface area contributed by atoms with Crippen molar-refractivity contribution >= 4 is 0 Å². The third-order valence-electron chi connectivity index (χ3n) is 3.62. The molecule has 0 radical (unpaired) electrons. The van der Waals surface area contributed by atoms with Crippen LogP contribution in [0.4, 0.5) is 4.39 Å². The van der Waals surface area contributed by atoms with Gasteiger partial charge in [-0.25, -0.2) is 4.39 Å². The Bertz CT molecular complexity index is 590. The summed E-state index contributed by atoms with van der Waals surface area (Å²) in [6.07, 6.45) is 0. The van der Waals surface area contributed by atoms with Crippen LogP contribution in [0, 0.1) is 26.6 Å². The van der Waals surface area contributed by atoms with Gasteiger partial charge in [0.25, 0.3) is 0 Å². The third kappa shape index (κ3) is 2.85. The Kier molecular flexibility index (Phi) is 4.01. The highest BCUT2D eigenvalue weighted by Gasteiger charge is 2.16. The number of aryl methyl sites for hydroxylation is 3. The van der Waals surface area contributed by atoms with Crippen LogP contribution in [-0.2, 0) is 0 Å². The van der Waals surface area contributed by atoms with Crippen molar-refractivity contribution < 1.29 is 4.39 Å². The molecule has 0 saturated carbocycles. The van der Waals surface area contributed by atoms with Crippen molar-refractivity contribution in [3.63, 3.8) is 0 Å². The molecule has 0 amide bonds. The van der Waals surface area contributed by atoms with Crippen LogP contribution in [0.3, 0.4) is 0 Å². The highest BCUT2D eigenvalue weighted by atomic mass is 19.1. The van der Waals surface area contributed by atoms with Crippen molar-refractivity contribution in [1.29, 1.82) is 0 Å². The monoisotopic (exact) mass is 257 g/mol. The first-order valence-electron chi connectivity index (χ1n) is 6.53. The Morgan fingerprint density at radius 2 is 1.68 bits per heavy atom. The lowest BCUT2D eigenvalue weighted by atomic mass is 9.95. The minimum atomic E-state index is -0.155. The molecule has 1 N–H and O–H groups in total. The molecule has 1 unspecified atom stereocenters. The minimum absolute atomic E-state index is 0.111. The Labute approximate surface area is 114 Å². The van der Waals surface area contributed by atoms with Crippen LogP contribution >= 0.6 is 0 Å². The average Bonchev–Trinajstić information content (AvgIpc) is 2.37. The van der Waals surface area contributed by atoms with E-state index in [0.717, 1.165) is 11.1 Å². The quantitative estimate of drug-likeness (QED) is 0.874. The number of rotatable bonds is 3. The summed E-state index contributed by atoms with van der Waals surface area (Å²) in [4.78, 5) is 0. The predicted octanol–water partition coefficient (Wildman–Crippen LogP) is 4.06. The molecular weight excluding hydrogens is 237 g/mol. The fourth-order valence-corrected chi connectivity index (χ4v) is 2.31. The van der Waals surface area contributed by atoms with E-state index in [4.69, 9.17) is 0 Å². The Morgan fingerprint density at radius 3 is 2.26 bits per heavy atom. The zero-order valence-corrected chi connectivity index (χ0v) is 11.9. The van der Waals surface area contributed by atoms with E-state index < -0.39 is 0 Å². The van der Waals surface area contributed by atoms with Gasteiger partial charge >= 0.3 is 0 Å². The fraction of sp³-hybridized carbons (Fsp3) is 0.294. The van der Waals surface area contributed by atoms with Gasteiger partial charge in [-0.05, 0) is 56.1 Å². The topological polar surface area (TPSA) is 12.0 Å². The summed E-state index contributed by atoms with van der Waals surface area (Å²) in [5, 5.41) is 3.20. The van der Waals surface area contributed by atoms with Crippen LogP contribution in [0.25, 0.3) is 0 Å². The maximum Gasteiger partial charge on any atom is 0.128 e. The summed E-state index contributed by atoms with van der Waals surface area (Å²) in [5.74, 6) is -0.155. The van der Waals surface area contributed by atoms with E-state index in [1.807, 2.05) is 26.1 Å². The van der Waals surface area contributed by atoms with E-state index in [9.17, 15) is 4.39 Å². The number of benzene rings is 2. The van der Waals surface area contributed by atoms with Gasteiger partial charge in [0.05, 0.1) is 6.04 Å². The van der Waals surface area contributed by atoms with Gasteiger partial charge in [-0.2, -0.15) is 0 Å². The molecule has 2 heteroatoms. The van der Waals surface area contributed by atoms with Gasteiger partial charge in [0.15, 0.2) is 0 Å². The standard InChI is InChI=1S/C17H20FN/c1-11-5-8-15(16(18)9-11)17(19-4)14-7-6-12(2)13(3)10-14/h5-10,17,19H,1-4H3. The molecule has 2 aromatic rings. The molecule has 0 aromatic heterocycles. The van der Waals surface area contributed by atoms with Crippen LogP contribution in [0.15, 0.2) is 36.4 Å². The molecule has 0 fully saturated rings. The van der Waals surface area contributed by atoms with E-state index in [1.165, 1.54) is 11.1 Å². The predicted molar refractivity (Wildman–Crippen MR) is 78.0 cm³/mol. The molecule has 0 heterocycles. The summed E-state index contributed by atoms with van der Waals surface area (Å²) >= 11 is 0. The molecule has 2 rings (SSSR count). The lowest BCUT2D eigenvalue weighted by Gasteiger charge is -2.19. The molecule has 1 nitrogen and oxygen atoms in total. The maximum atomic E-state index is 14.1. The summed E-state index contributed by atoms with van der Waals surface area (Å²) in [6, 6.07) is 11.5. The number of halogens is 1. The fourth-order valence-electron chi connectivity index (χ4n) is 2.31. The number of hydrogen-bond donors (Lipinski definition) is 1. The zero-order valence-electron chi connectivity index (χ0n) is 11.9. The van der Waals surface area contributed by atoms with Crippen molar-refractivity contribution in [2.45, 2.75) is 26.8 Å². The lowest BCUT2D eigenvalue weighted by molar-refractivity contribution is 0.575. The van der Waals surface area contributed by atoms with E-state index in [2.05, 4.69) is 37.4 Å². The van der Waals surface area contributed by atoms with E-state index >= 15 is 0 Å². The molecule has 0 saturated heterocycles. The van der Waals surface area contributed by atoms with Crippen molar-refractivity contribution in [3.05, 3.63) is 70.0 Å². The zero-order chi connectivity index (χ0) is 14.0. The molecule has 100 valence electrons. The van der Waals surface area contributed by atoms with Crippen molar-refractivity contribution in [3.8, 4) is 0 Å². The summed E-state index contributed by atoms with van der Waals surface area (Å²) < 4.78 is 14.1. The largest absolute Gasteiger partial charge is 0.309 e. The number of hydrogen-bond acceptors (Lipinski definition) is 1. The summed E-state index contributed by atoms with van der Waals surface area (Å²) in [7, 11) is 1.86. The first-order valence-corrected chi connectivity index (χ1v) is 6.53. The van der Waals surface area contributed by atoms with Crippen LogP contribution in [-0.4, -0.2) is 7.05 Å². The molecule has 19 heavy (non-hydrogen) atoms. The van der Waals surface area contributed by atoms with E-state index in [0.29, 0.717) is 5.56 Å². The van der Waals surface area contributed by atoms with Gasteiger partial charge < -0.3 is 5.32 Å². The average molecular weight is 257 g/mol.